The highest BCUT2D eigenvalue weighted by atomic mass is 16.1. The molecule has 0 radical (unpaired) electrons. The summed E-state index contributed by atoms with van der Waals surface area (Å²) in [5.41, 5.74) is 0.930. The number of hydrogen-bond acceptors (Lipinski definition) is 3. The number of aryl methyl sites for hydroxylation is 1. The Kier molecular flexibility index (Phi) is 1.06. The van der Waals surface area contributed by atoms with E-state index >= 15 is 0 Å². The number of imidazole rings is 1. The van der Waals surface area contributed by atoms with Crippen molar-refractivity contribution in [3.05, 3.63) is 22.9 Å². The lowest BCUT2D eigenvalue weighted by atomic mass is 10.5. The Morgan fingerprint density at radius 3 is 3.18 bits per heavy atom. The van der Waals surface area contributed by atoms with E-state index < -0.39 is 0 Å². The van der Waals surface area contributed by atoms with Crippen molar-refractivity contribution in [1.29, 1.82) is 0 Å². The molecule has 0 unspecified atom stereocenters. The van der Waals surface area contributed by atoms with E-state index in [2.05, 4.69) is 15.2 Å². The molecule has 0 amide bonds. The zero-order valence-electron chi connectivity index (χ0n) is 5.90. The van der Waals surface area contributed by atoms with Crippen LogP contribution in [0.1, 0.15) is 0 Å². The first-order chi connectivity index (χ1) is 5.29. The molecule has 0 bridgehead atoms. The molecule has 0 aliphatic heterocycles. The van der Waals surface area contributed by atoms with Crippen LogP contribution in [0.2, 0.25) is 0 Å². The predicted molar refractivity (Wildman–Crippen MR) is 39.1 cm³/mol. The van der Waals surface area contributed by atoms with Gasteiger partial charge in [-0.25, -0.2) is 10.1 Å². The van der Waals surface area contributed by atoms with Crippen LogP contribution in [-0.2, 0) is 7.05 Å². The fourth-order valence-electron chi connectivity index (χ4n) is 0.972. The van der Waals surface area contributed by atoms with Gasteiger partial charge < -0.3 is 4.57 Å². The molecule has 0 fully saturated rings. The molecule has 0 spiro atoms. The van der Waals surface area contributed by atoms with Crippen molar-refractivity contribution in [3.8, 4) is 0 Å². The van der Waals surface area contributed by atoms with Crippen LogP contribution in [0.4, 0.5) is 0 Å². The minimum absolute atomic E-state index is 0.247. The van der Waals surface area contributed by atoms with Crippen LogP contribution in [0.3, 0.4) is 0 Å². The lowest BCUT2D eigenvalue weighted by Crippen LogP contribution is -2.07. The Balaban J connectivity index is 3.06. The third-order valence-electron chi connectivity index (χ3n) is 1.55. The summed E-state index contributed by atoms with van der Waals surface area (Å²) in [4.78, 5) is 14.9. The van der Waals surface area contributed by atoms with Gasteiger partial charge in [0.25, 0.3) is 5.56 Å². The van der Waals surface area contributed by atoms with Gasteiger partial charge in [0.1, 0.15) is 0 Å². The van der Waals surface area contributed by atoms with Gasteiger partial charge in [-0.2, -0.15) is 5.10 Å². The molecule has 2 aromatic heterocycles. The third kappa shape index (κ3) is 0.739. The number of fused-ring (bicyclic) bond motifs is 1. The molecule has 0 atom stereocenters. The number of aromatic amines is 1. The number of nitrogens with one attached hydrogen (secondary N) is 1. The highest BCUT2D eigenvalue weighted by molar-refractivity contribution is 5.72. The largest absolute Gasteiger partial charge is 0.332 e. The average molecular weight is 150 g/mol. The van der Waals surface area contributed by atoms with Crippen LogP contribution in [0, 0.1) is 0 Å². The fourth-order valence-corrected chi connectivity index (χ4v) is 0.972. The highest BCUT2D eigenvalue weighted by Gasteiger charge is 2.01. The maximum Gasteiger partial charge on any atom is 0.292 e. The molecule has 5 nitrogen and oxygen atoms in total. The SMILES string of the molecule is Cn1cnc2c(=O)[nH]ncc21. The second kappa shape index (κ2) is 1.91. The first-order valence-corrected chi connectivity index (χ1v) is 3.14. The molecular weight excluding hydrogens is 144 g/mol. The lowest BCUT2D eigenvalue weighted by Gasteiger charge is -1.89. The molecule has 0 aliphatic carbocycles. The molecule has 11 heavy (non-hydrogen) atoms. The van der Waals surface area contributed by atoms with Crippen molar-refractivity contribution >= 4 is 11.0 Å². The summed E-state index contributed by atoms with van der Waals surface area (Å²) in [7, 11) is 1.82. The summed E-state index contributed by atoms with van der Waals surface area (Å²) in [6.45, 7) is 0. The molecule has 56 valence electrons. The molecule has 0 aliphatic rings. The smallest absolute Gasteiger partial charge is 0.292 e. The molecule has 5 heteroatoms. The standard InChI is InChI=1S/C6H6N4O/c1-10-3-7-5-4(10)2-8-9-6(5)11/h2-3H,1H3,(H,9,11). The fraction of sp³-hybridized carbons (Fsp3) is 0.167. The zero-order valence-corrected chi connectivity index (χ0v) is 5.90. The summed E-state index contributed by atoms with van der Waals surface area (Å²) in [5, 5.41) is 5.95. The topological polar surface area (TPSA) is 63.6 Å². The molecule has 0 aromatic carbocycles. The van der Waals surface area contributed by atoms with E-state index in [1.54, 1.807) is 17.1 Å². The third-order valence-corrected chi connectivity index (χ3v) is 1.55. The van der Waals surface area contributed by atoms with Gasteiger partial charge in [0.2, 0.25) is 0 Å². The first kappa shape index (κ1) is 6.09. The van der Waals surface area contributed by atoms with Crippen LogP contribution < -0.4 is 5.56 Å². The summed E-state index contributed by atoms with van der Waals surface area (Å²) in [6, 6.07) is 0. The number of nitrogens with zero attached hydrogens (tertiary/aromatic N) is 3. The number of aromatic nitrogens is 4. The van der Waals surface area contributed by atoms with E-state index in [4.69, 9.17) is 0 Å². The van der Waals surface area contributed by atoms with Crippen molar-refractivity contribution in [2.24, 2.45) is 7.05 Å². The van der Waals surface area contributed by atoms with Crippen molar-refractivity contribution in [2.75, 3.05) is 0 Å². The monoisotopic (exact) mass is 150 g/mol. The number of rotatable bonds is 0. The van der Waals surface area contributed by atoms with Crippen molar-refractivity contribution < 1.29 is 0 Å². The first-order valence-electron chi connectivity index (χ1n) is 3.14. The molecule has 1 N–H and O–H groups in total. The van der Waals surface area contributed by atoms with E-state index in [0.717, 1.165) is 5.52 Å². The Labute approximate surface area is 61.7 Å². The molecule has 0 saturated carbocycles. The second-order valence-electron chi connectivity index (χ2n) is 2.29. The maximum absolute atomic E-state index is 11.0. The second-order valence-corrected chi connectivity index (χ2v) is 2.29. The van der Waals surface area contributed by atoms with Gasteiger partial charge in [-0.1, -0.05) is 0 Å². The number of hydrogen-bond donors (Lipinski definition) is 1. The highest BCUT2D eigenvalue weighted by Crippen LogP contribution is 2.01. The van der Waals surface area contributed by atoms with Crippen LogP contribution >= 0.6 is 0 Å². The maximum atomic E-state index is 11.0. The van der Waals surface area contributed by atoms with E-state index in [-0.39, 0.29) is 5.56 Å². The van der Waals surface area contributed by atoms with Crippen molar-refractivity contribution in [3.63, 3.8) is 0 Å². The minimum Gasteiger partial charge on any atom is -0.332 e. The summed E-state index contributed by atoms with van der Waals surface area (Å²) >= 11 is 0. The van der Waals surface area contributed by atoms with Gasteiger partial charge in [-0.3, -0.25) is 4.79 Å². The normalized spacial score (nSPS) is 10.6. The molecule has 2 aromatic rings. The molecule has 2 rings (SSSR count). The van der Waals surface area contributed by atoms with Crippen molar-refractivity contribution in [1.82, 2.24) is 19.7 Å². The summed E-state index contributed by atoms with van der Waals surface area (Å²) in [6.07, 6.45) is 3.16. The molecule has 2 heterocycles. The molecular formula is C6H6N4O. The Morgan fingerprint density at radius 2 is 2.45 bits per heavy atom. The Morgan fingerprint density at radius 1 is 1.64 bits per heavy atom. The van der Waals surface area contributed by atoms with Gasteiger partial charge in [0.15, 0.2) is 5.52 Å². The van der Waals surface area contributed by atoms with Gasteiger partial charge in [-0.05, 0) is 0 Å². The van der Waals surface area contributed by atoms with Gasteiger partial charge in [0.05, 0.1) is 18.0 Å². The lowest BCUT2D eigenvalue weighted by molar-refractivity contribution is 0.935. The van der Waals surface area contributed by atoms with E-state index in [1.807, 2.05) is 7.05 Å². The quantitative estimate of drug-likeness (QED) is 0.558. The van der Waals surface area contributed by atoms with Crippen LogP contribution in [0.25, 0.3) is 11.0 Å². The molecule has 0 saturated heterocycles. The minimum atomic E-state index is -0.247. The zero-order chi connectivity index (χ0) is 7.84. The van der Waals surface area contributed by atoms with Crippen LogP contribution in [-0.4, -0.2) is 19.7 Å². The predicted octanol–water partition coefficient (Wildman–Crippen LogP) is -0.343. The van der Waals surface area contributed by atoms with E-state index in [1.165, 1.54) is 0 Å². The van der Waals surface area contributed by atoms with Crippen LogP contribution in [0.15, 0.2) is 17.3 Å². The van der Waals surface area contributed by atoms with E-state index in [0.29, 0.717) is 5.52 Å². The summed E-state index contributed by atoms with van der Waals surface area (Å²) in [5.74, 6) is 0. The Hall–Kier alpha value is -1.65. The van der Waals surface area contributed by atoms with Crippen molar-refractivity contribution in [2.45, 2.75) is 0 Å². The number of H-pyrrole nitrogens is 1. The van der Waals surface area contributed by atoms with Gasteiger partial charge in [-0.15, -0.1) is 0 Å². The van der Waals surface area contributed by atoms with Gasteiger partial charge >= 0.3 is 0 Å². The van der Waals surface area contributed by atoms with Gasteiger partial charge in [0, 0.05) is 7.05 Å². The van der Waals surface area contributed by atoms with Crippen LogP contribution in [0.5, 0.6) is 0 Å². The average Bonchev–Trinajstić information content (AvgIpc) is 2.35. The Bertz CT molecular complexity index is 441. The van der Waals surface area contributed by atoms with E-state index in [9.17, 15) is 4.79 Å². The summed E-state index contributed by atoms with van der Waals surface area (Å²) < 4.78 is 1.75.